The largest absolute Gasteiger partial charge is 0.326 e. The van der Waals surface area contributed by atoms with E-state index < -0.39 is 23.3 Å². The maximum absolute atomic E-state index is 12.9. The van der Waals surface area contributed by atoms with Crippen molar-refractivity contribution < 1.29 is 9.59 Å². The van der Waals surface area contributed by atoms with Crippen LogP contribution in [0.5, 0.6) is 0 Å². The Kier molecular flexibility index (Phi) is 5.86. The third-order valence-electron chi connectivity index (χ3n) is 4.49. The number of benzene rings is 2. The molecule has 11 heteroatoms. The van der Waals surface area contributed by atoms with Crippen molar-refractivity contribution in [1.82, 2.24) is 9.97 Å². The average Bonchev–Trinajstić information content (AvgIpc) is 2.66. The summed E-state index contributed by atoms with van der Waals surface area (Å²) >= 11 is 17.9. The zero-order valence-corrected chi connectivity index (χ0v) is 17.9. The number of carbonyl (C=O) groups is 2. The molecule has 0 radical (unpaired) electrons. The minimum absolute atomic E-state index is 0.00815. The second-order valence-electron chi connectivity index (χ2n) is 6.76. The van der Waals surface area contributed by atoms with E-state index in [9.17, 15) is 14.4 Å². The Morgan fingerprint density at radius 1 is 1.00 bits per heavy atom. The minimum atomic E-state index is -1.04. The van der Waals surface area contributed by atoms with E-state index in [1.54, 1.807) is 24.3 Å². The Balaban J connectivity index is 1.65. The summed E-state index contributed by atoms with van der Waals surface area (Å²) in [6.45, 7) is 0. The molecule has 0 bridgehead atoms. The Morgan fingerprint density at radius 2 is 1.71 bits per heavy atom. The molecule has 31 heavy (non-hydrogen) atoms. The number of halogens is 3. The van der Waals surface area contributed by atoms with Crippen LogP contribution in [0.3, 0.4) is 0 Å². The predicted octanol–water partition coefficient (Wildman–Crippen LogP) is 4.54. The lowest BCUT2D eigenvalue weighted by Crippen LogP contribution is -2.36. The molecule has 0 unspecified atom stereocenters. The zero-order valence-electron chi connectivity index (χ0n) is 15.6. The van der Waals surface area contributed by atoms with E-state index in [-0.39, 0.29) is 23.8 Å². The fourth-order valence-corrected chi connectivity index (χ4v) is 3.93. The SMILES string of the molecule is O=C1C[C@H](C(=O)Nc2cc(Cl)cc(Cl)c2)c2c(nc(Nc3cccc(Cl)c3)[nH]c2=O)N1. The molecule has 4 N–H and O–H groups in total. The summed E-state index contributed by atoms with van der Waals surface area (Å²) in [4.78, 5) is 44.7. The molecule has 2 heterocycles. The van der Waals surface area contributed by atoms with Crippen molar-refractivity contribution in [3.63, 3.8) is 0 Å². The van der Waals surface area contributed by atoms with Gasteiger partial charge in [0.2, 0.25) is 17.8 Å². The molecule has 2 amide bonds. The van der Waals surface area contributed by atoms with Crippen molar-refractivity contribution in [2.45, 2.75) is 12.3 Å². The molecule has 3 aromatic rings. The first-order valence-electron chi connectivity index (χ1n) is 9.02. The van der Waals surface area contributed by atoms with Crippen molar-refractivity contribution in [2.75, 3.05) is 16.0 Å². The lowest BCUT2D eigenvalue weighted by molar-refractivity contribution is -0.123. The number of H-pyrrole nitrogens is 1. The molecule has 158 valence electrons. The number of rotatable bonds is 4. The highest BCUT2D eigenvalue weighted by atomic mass is 35.5. The van der Waals surface area contributed by atoms with Crippen LogP contribution in [0.2, 0.25) is 15.1 Å². The van der Waals surface area contributed by atoms with Gasteiger partial charge >= 0.3 is 0 Å². The van der Waals surface area contributed by atoms with E-state index in [4.69, 9.17) is 34.8 Å². The van der Waals surface area contributed by atoms with Crippen LogP contribution >= 0.6 is 34.8 Å². The highest BCUT2D eigenvalue weighted by Crippen LogP contribution is 2.31. The van der Waals surface area contributed by atoms with Gasteiger partial charge in [0.15, 0.2) is 0 Å². The van der Waals surface area contributed by atoms with E-state index in [1.165, 1.54) is 18.2 Å². The number of hydrogen-bond donors (Lipinski definition) is 4. The maximum atomic E-state index is 12.9. The summed E-state index contributed by atoms with van der Waals surface area (Å²) in [6, 6.07) is 11.3. The van der Waals surface area contributed by atoms with Crippen molar-refractivity contribution >= 4 is 69.8 Å². The number of nitrogens with one attached hydrogen (secondary N) is 4. The van der Waals surface area contributed by atoms with E-state index in [2.05, 4.69) is 25.9 Å². The summed E-state index contributed by atoms with van der Waals surface area (Å²) in [6.07, 6.45) is -0.209. The summed E-state index contributed by atoms with van der Waals surface area (Å²) in [5.74, 6) is -1.94. The van der Waals surface area contributed by atoms with E-state index in [0.717, 1.165) is 0 Å². The molecule has 1 aliphatic heterocycles. The van der Waals surface area contributed by atoms with E-state index in [1.807, 2.05) is 0 Å². The van der Waals surface area contributed by atoms with Crippen molar-refractivity contribution in [2.24, 2.45) is 0 Å². The van der Waals surface area contributed by atoms with Crippen molar-refractivity contribution in [3.05, 3.63) is 73.4 Å². The number of fused-ring (bicyclic) bond motifs is 1. The van der Waals surface area contributed by atoms with Gasteiger partial charge in [-0.05, 0) is 36.4 Å². The van der Waals surface area contributed by atoms with Gasteiger partial charge in [-0.3, -0.25) is 19.4 Å². The topological polar surface area (TPSA) is 116 Å². The molecule has 1 aliphatic rings. The molecular formula is C20H14Cl3N5O3. The molecule has 1 aromatic heterocycles. The van der Waals surface area contributed by atoms with Crippen LogP contribution in [0.1, 0.15) is 17.9 Å². The molecule has 4 rings (SSSR count). The molecule has 1 atom stereocenters. The molecule has 0 saturated carbocycles. The summed E-state index contributed by atoms with van der Waals surface area (Å²) in [5.41, 5.74) is 0.434. The monoisotopic (exact) mass is 477 g/mol. The van der Waals surface area contributed by atoms with Gasteiger partial charge in [0.05, 0.1) is 11.5 Å². The lowest BCUT2D eigenvalue weighted by atomic mass is 9.92. The molecule has 0 saturated heterocycles. The summed E-state index contributed by atoms with van der Waals surface area (Å²) in [5, 5.41) is 9.27. The van der Waals surface area contributed by atoms with Crippen LogP contribution in [-0.2, 0) is 9.59 Å². The fraction of sp³-hybridized carbons (Fsp3) is 0.100. The molecule has 2 aromatic carbocycles. The molecule has 8 nitrogen and oxygen atoms in total. The number of aromatic amines is 1. The van der Waals surface area contributed by atoms with Gasteiger partial charge in [0.25, 0.3) is 5.56 Å². The number of amides is 2. The van der Waals surface area contributed by atoms with Crippen LogP contribution < -0.4 is 21.5 Å². The van der Waals surface area contributed by atoms with Gasteiger partial charge in [-0.1, -0.05) is 40.9 Å². The van der Waals surface area contributed by atoms with Gasteiger partial charge < -0.3 is 16.0 Å². The number of carbonyl (C=O) groups excluding carboxylic acids is 2. The lowest BCUT2D eigenvalue weighted by Gasteiger charge is -2.23. The Bertz CT molecular complexity index is 1240. The molecule has 0 aliphatic carbocycles. The molecule has 0 fully saturated rings. The smallest absolute Gasteiger partial charge is 0.258 e. The third kappa shape index (κ3) is 4.82. The summed E-state index contributed by atoms with van der Waals surface area (Å²) < 4.78 is 0. The van der Waals surface area contributed by atoms with Crippen molar-refractivity contribution in [3.8, 4) is 0 Å². The molecule has 0 spiro atoms. The maximum Gasteiger partial charge on any atom is 0.258 e. The predicted molar refractivity (Wildman–Crippen MR) is 121 cm³/mol. The van der Waals surface area contributed by atoms with Crippen LogP contribution in [0.4, 0.5) is 23.1 Å². The molecular weight excluding hydrogens is 465 g/mol. The first-order chi connectivity index (χ1) is 14.8. The Morgan fingerprint density at radius 3 is 2.42 bits per heavy atom. The van der Waals surface area contributed by atoms with Gasteiger partial charge in [-0.15, -0.1) is 0 Å². The Labute approximate surface area is 190 Å². The second-order valence-corrected chi connectivity index (χ2v) is 8.07. The fourth-order valence-electron chi connectivity index (χ4n) is 3.21. The number of anilines is 4. The van der Waals surface area contributed by atoms with Crippen LogP contribution in [-0.4, -0.2) is 21.8 Å². The Hall–Kier alpha value is -3.07. The third-order valence-corrected chi connectivity index (χ3v) is 5.16. The van der Waals surface area contributed by atoms with E-state index in [0.29, 0.717) is 26.4 Å². The zero-order chi connectivity index (χ0) is 22.1. The van der Waals surface area contributed by atoms with Crippen LogP contribution in [0.25, 0.3) is 0 Å². The standard InChI is InChI=1S/C20H14Cl3N5O3/c21-9-2-1-3-12(5-9)25-20-27-17-16(19(31)28-20)14(8-15(29)26-17)18(30)24-13-6-10(22)4-11(23)7-13/h1-7,14H,8H2,(H,24,30)(H3,25,26,27,28,29,31)/t14-/m0/s1. The highest BCUT2D eigenvalue weighted by molar-refractivity contribution is 6.35. The highest BCUT2D eigenvalue weighted by Gasteiger charge is 2.34. The average molecular weight is 479 g/mol. The van der Waals surface area contributed by atoms with Gasteiger partial charge in [0, 0.05) is 32.9 Å². The van der Waals surface area contributed by atoms with Crippen LogP contribution in [0, 0.1) is 0 Å². The van der Waals surface area contributed by atoms with Gasteiger partial charge in [-0.25, -0.2) is 0 Å². The minimum Gasteiger partial charge on any atom is -0.326 e. The van der Waals surface area contributed by atoms with Gasteiger partial charge in [-0.2, -0.15) is 4.98 Å². The quantitative estimate of drug-likeness (QED) is 0.439. The number of hydrogen-bond acceptors (Lipinski definition) is 5. The summed E-state index contributed by atoms with van der Waals surface area (Å²) in [7, 11) is 0. The first-order valence-corrected chi connectivity index (χ1v) is 10.2. The number of nitrogens with zero attached hydrogens (tertiary/aromatic N) is 1. The first kappa shape index (κ1) is 21.2. The number of aromatic nitrogens is 2. The van der Waals surface area contributed by atoms with Crippen molar-refractivity contribution in [1.29, 1.82) is 0 Å². The normalized spacial score (nSPS) is 15.1. The van der Waals surface area contributed by atoms with Crippen LogP contribution in [0.15, 0.2) is 47.3 Å². The van der Waals surface area contributed by atoms with E-state index >= 15 is 0 Å². The second kappa shape index (κ2) is 8.58. The van der Waals surface area contributed by atoms with Gasteiger partial charge in [0.1, 0.15) is 5.82 Å².